The number of hydrogen-bond donors (Lipinski definition) is 0. The number of rotatable bonds is 1. The predicted molar refractivity (Wildman–Crippen MR) is 74.8 cm³/mol. The second kappa shape index (κ2) is 4.92. The highest BCUT2D eigenvalue weighted by Gasteiger charge is 2.12. The predicted octanol–water partition coefficient (Wildman–Crippen LogP) is 3.38. The van der Waals surface area contributed by atoms with Gasteiger partial charge in [0.1, 0.15) is 5.15 Å². The molecule has 1 fully saturated rings. The summed E-state index contributed by atoms with van der Waals surface area (Å²) in [5.74, 6) is 0. The molecule has 5 heteroatoms. The van der Waals surface area contributed by atoms with E-state index in [1.807, 2.05) is 12.1 Å². The molecule has 1 aromatic carbocycles. The first-order valence-corrected chi connectivity index (χ1v) is 6.58. The smallest absolute Gasteiger partial charge is 0.131 e. The Labute approximate surface area is 115 Å². The minimum Gasteiger partial charge on any atom is -0.378 e. The maximum atomic E-state index is 6.21. The number of morpholine rings is 1. The molecule has 1 aliphatic rings. The summed E-state index contributed by atoms with van der Waals surface area (Å²) in [6.07, 6.45) is 0. The van der Waals surface area contributed by atoms with Crippen LogP contribution in [0.15, 0.2) is 24.3 Å². The van der Waals surface area contributed by atoms with Crippen LogP contribution in [0.5, 0.6) is 0 Å². The minimum atomic E-state index is 0.423. The maximum absolute atomic E-state index is 6.21. The zero-order valence-electron chi connectivity index (χ0n) is 9.70. The number of ether oxygens (including phenoxy) is 1. The molecule has 0 saturated carbocycles. The van der Waals surface area contributed by atoms with Crippen LogP contribution in [0.1, 0.15) is 0 Å². The van der Waals surface area contributed by atoms with Crippen molar-refractivity contribution < 1.29 is 4.74 Å². The molecule has 0 atom stereocenters. The monoisotopic (exact) mass is 282 g/mol. The second-order valence-corrected chi connectivity index (χ2v) is 5.02. The summed E-state index contributed by atoms with van der Waals surface area (Å²) in [6.45, 7) is 3.35. The van der Waals surface area contributed by atoms with E-state index in [2.05, 4.69) is 16.0 Å². The van der Waals surface area contributed by atoms with Crippen LogP contribution in [0, 0.1) is 0 Å². The Morgan fingerprint density at radius 3 is 2.67 bits per heavy atom. The molecule has 0 bridgehead atoms. The highest BCUT2D eigenvalue weighted by Crippen LogP contribution is 2.29. The summed E-state index contributed by atoms with van der Waals surface area (Å²) in [5, 5.41) is 2.00. The average Bonchev–Trinajstić information content (AvgIpc) is 2.39. The summed E-state index contributed by atoms with van der Waals surface area (Å²) in [5.41, 5.74) is 1.97. The molecule has 94 valence electrons. The first kappa shape index (κ1) is 12.0. The molecule has 18 heavy (non-hydrogen) atoms. The molecule has 0 radical (unpaired) electrons. The van der Waals surface area contributed by atoms with E-state index >= 15 is 0 Å². The first-order valence-electron chi connectivity index (χ1n) is 5.82. The Hall–Kier alpha value is -1.03. The van der Waals surface area contributed by atoms with Gasteiger partial charge in [-0.15, -0.1) is 0 Å². The molecule has 1 aromatic heterocycles. The second-order valence-electron chi connectivity index (χ2n) is 4.23. The van der Waals surface area contributed by atoms with Gasteiger partial charge in [-0.25, -0.2) is 4.98 Å². The van der Waals surface area contributed by atoms with E-state index in [0.717, 1.165) is 42.9 Å². The Bertz CT molecular complexity index is 582. The van der Waals surface area contributed by atoms with Gasteiger partial charge in [-0.1, -0.05) is 23.2 Å². The quantitative estimate of drug-likeness (QED) is 0.750. The van der Waals surface area contributed by atoms with Crippen LogP contribution in [-0.4, -0.2) is 31.3 Å². The number of benzene rings is 1. The lowest BCUT2D eigenvalue weighted by atomic mass is 10.2. The van der Waals surface area contributed by atoms with Crippen LogP contribution in [0.4, 0.5) is 5.69 Å². The van der Waals surface area contributed by atoms with Crippen molar-refractivity contribution in [2.75, 3.05) is 31.2 Å². The van der Waals surface area contributed by atoms with E-state index in [4.69, 9.17) is 27.9 Å². The molecule has 0 unspecified atom stereocenters. The molecule has 0 amide bonds. The van der Waals surface area contributed by atoms with Crippen LogP contribution < -0.4 is 4.90 Å². The lowest BCUT2D eigenvalue weighted by Gasteiger charge is -2.29. The van der Waals surface area contributed by atoms with Crippen molar-refractivity contribution in [3.63, 3.8) is 0 Å². The van der Waals surface area contributed by atoms with Crippen molar-refractivity contribution in [3.8, 4) is 0 Å². The Morgan fingerprint density at radius 2 is 1.89 bits per heavy atom. The largest absolute Gasteiger partial charge is 0.378 e. The normalized spacial score (nSPS) is 16.2. The molecule has 1 saturated heterocycles. The number of anilines is 1. The van der Waals surface area contributed by atoms with Crippen molar-refractivity contribution in [1.82, 2.24) is 4.98 Å². The fourth-order valence-electron chi connectivity index (χ4n) is 2.16. The molecule has 0 N–H and O–H groups in total. The third-order valence-electron chi connectivity index (χ3n) is 3.09. The van der Waals surface area contributed by atoms with E-state index in [9.17, 15) is 0 Å². The number of pyridine rings is 1. The van der Waals surface area contributed by atoms with Gasteiger partial charge >= 0.3 is 0 Å². The fourth-order valence-corrected chi connectivity index (χ4v) is 2.67. The minimum absolute atomic E-state index is 0.423. The summed E-state index contributed by atoms with van der Waals surface area (Å²) >= 11 is 12.1. The average molecular weight is 283 g/mol. The van der Waals surface area contributed by atoms with Gasteiger partial charge in [0.15, 0.2) is 0 Å². The van der Waals surface area contributed by atoms with Gasteiger partial charge in [0.25, 0.3) is 0 Å². The van der Waals surface area contributed by atoms with Gasteiger partial charge in [-0.05, 0) is 24.3 Å². The number of halogens is 2. The highest BCUT2D eigenvalue weighted by molar-refractivity contribution is 6.37. The number of hydrogen-bond acceptors (Lipinski definition) is 3. The topological polar surface area (TPSA) is 25.4 Å². The maximum Gasteiger partial charge on any atom is 0.131 e. The molecular formula is C13H12Cl2N2O. The van der Waals surface area contributed by atoms with Crippen LogP contribution in [0.25, 0.3) is 10.9 Å². The molecule has 3 rings (SSSR count). The van der Waals surface area contributed by atoms with Crippen LogP contribution >= 0.6 is 23.2 Å². The summed E-state index contributed by atoms with van der Waals surface area (Å²) < 4.78 is 5.35. The first-order chi connectivity index (χ1) is 8.74. The van der Waals surface area contributed by atoms with Crippen LogP contribution in [0.3, 0.4) is 0 Å². The summed E-state index contributed by atoms with van der Waals surface area (Å²) in [6, 6.07) is 7.74. The van der Waals surface area contributed by atoms with Crippen LogP contribution in [0.2, 0.25) is 10.2 Å². The zero-order chi connectivity index (χ0) is 12.5. The van der Waals surface area contributed by atoms with Gasteiger partial charge in [0, 0.05) is 24.2 Å². The molecule has 2 heterocycles. The lowest BCUT2D eigenvalue weighted by Crippen LogP contribution is -2.36. The Morgan fingerprint density at radius 1 is 1.11 bits per heavy atom. The summed E-state index contributed by atoms with van der Waals surface area (Å²) in [4.78, 5) is 6.55. The van der Waals surface area contributed by atoms with E-state index < -0.39 is 0 Å². The summed E-state index contributed by atoms with van der Waals surface area (Å²) in [7, 11) is 0. The molecule has 1 aliphatic heterocycles. The van der Waals surface area contributed by atoms with Crippen molar-refractivity contribution >= 4 is 39.8 Å². The van der Waals surface area contributed by atoms with Crippen molar-refractivity contribution in [3.05, 3.63) is 34.4 Å². The Balaban J connectivity index is 2.04. The fraction of sp³-hybridized carbons (Fsp3) is 0.308. The van der Waals surface area contributed by atoms with E-state index in [1.165, 1.54) is 0 Å². The standard InChI is InChI=1S/C13H12Cl2N2O/c14-11-8-13(15)16-12-2-1-9(7-10(11)12)17-3-5-18-6-4-17/h1-2,7-8H,3-6H2. The number of nitrogens with zero attached hydrogens (tertiary/aromatic N) is 2. The van der Waals surface area contributed by atoms with Gasteiger partial charge in [0.2, 0.25) is 0 Å². The third kappa shape index (κ3) is 2.26. The van der Waals surface area contributed by atoms with E-state index in [1.54, 1.807) is 6.07 Å². The zero-order valence-corrected chi connectivity index (χ0v) is 11.2. The molecule has 0 aliphatic carbocycles. The third-order valence-corrected chi connectivity index (χ3v) is 3.59. The number of fused-ring (bicyclic) bond motifs is 1. The van der Waals surface area contributed by atoms with Crippen molar-refractivity contribution in [2.24, 2.45) is 0 Å². The number of aromatic nitrogens is 1. The van der Waals surface area contributed by atoms with Gasteiger partial charge < -0.3 is 9.64 Å². The molecule has 3 nitrogen and oxygen atoms in total. The van der Waals surface area contributed by atoms with Crippen LogP contribution in [-0.2, 0) is 4.74 Å². The van der Waals surface area contributed by atoms with E-state index in [-0.39, 0.29) is 0 Å². The van der Waals surface area contributed by atoms with Gasteiger partial charge in [-0.3, -0.25) is 0 Å². The molecule has 0 spiro atoms. The molecule has 2 aromatic rings. The van der Waals surface area contributed by atoms with Crippen molar-refractivity contribution in [1.29, 1.82) is 0 Å². The highest BCUT2D eigenvalue weighted by atomic mass is 35.5. The van der Waals surface area contributed by atoms with E-state index in [0.29, 0.717) is 10.2 Å². The van der Waals surface area contributed by atoms with Gasteiger partial charge in [-0.2, -0.15) is 0 Å². The molecular weight excluding hydrogens is 271 g/mol. The van der Waals surface area contributed by atoms with Gasteiger partial charge in [0.05, 0.1) is 23.8 Å². The Kier molecular flexibility index (Phi) is 3.29. The SMILES string of the molecule is Clc1cc(Cl)c2cc(N3CCOCC3)ccc2n1. The lowest BCUT2D eigenvalue weighted by molar-refractivity contribution is 0.122. The van der Waals surface area contributed by atoms with Crippen molar-refractivity contribution in [2.45, 2.75) is 0 Å².